The number of urea groups is 1. The van der Waals surface area contributed by atoms with Gasteiger partial charge in [-0.15, -0.1) is 10.2 Å². The van der Waals surface area contributed by atoms with Crippen molar-refractivity contribution in [3.05, 3.63) is 41.6 Å². The van der Waals surface area contributed by atoms with Gasteiger partial charge in [0.15, 0.2) is 0 Å². The fourth-order valence-corrected chi connectivity index (χ4v) is 2.84. The van der Waals surface area contributed by atoms with Crippen molar-refractivity contribution in [1.29, 1.82) is 0 Å². The van der Waals surface area contributed by atoms with Crippen molar-refractivity contribution in [2.75, 3.05) is 32.8 Å². The fraction of sp³-hybridized carbons (Fsp3) is 0.500. The summed E-state index contributed by atoms with van der Waals surface area (Å²) in [6.45, 7) is 4.47. The molecular weight excluding hydrogens is 350 g/mol. The third-order valence-electron chi connectivity index (χ3n) is 4.53. The Morgan fingerprint density at radius 2 is 1.93 bits per heavy atom. The normalized spacial score (nSPS) is 16.7. The molecule has 4 N–H and O–H groups in total. The summed E-state index contributed by atoms with van der Waals surface area (Å²) in [4.78, 5) is 14.4. The van der Waals surface area contributed by atoms with Gasteiger partial charge in [0.2, 0.25) is 11.8 Å². The van der Waals surface area contributed by atoms with Crippen LogP contribution in [0.25, 0.3) is 0 Å². The molecule has 3 rings (SSSR count). The number of aromatic hydroxyl groups is 1. The topological polar surface area (TPSA) is 124 Å². The van der Waals surface area contributed by atoms with E-state index in [0.29, 0.717) is 31.3 Å². The van der Waals surface area contributed by atoms with Crippen LogP contribution in [0.1, 0.15) is 36.2 Å². The van der Waals surface area contributed by atoms with Gasteiger partial charge in [0.25, 0.3) is 0 Å². The quantitative estimate of drug-likeness (QED) is 0.588. The van der Waals surface area contributed by atoms with Crippen LogP contribution in [0.15, 0.2) is 28.7 Å². The predicted octanol–water partition coefficient (Wildman–Crippen LogP) is 0.770. The first-order valence-corrected chi connectivity index (χ1v) is 9.05. The maximum absolute atomic E-state index is 12.6. The summed E-state index contributed by atoms with van der Waals surface area (Å²) in [7, 11) is 0. The number of carbonyl (C=O) groups is 1. The smallest absolute Gasteiger partial charge is 0.318 e. The lowest BCUT2D eigenvalue weighted by molar-refractivity contribution is 0.183. The molecule has 1 aromatic heterocycles. The zero-order valence-corrected chi connectivity index (χ0v) is 15.3. The molecule has 9 nitrogen and oxygen atoms in total. The Bertz CT molecular complexity index is 742. The van der Waals surface area contributed by atoms with Gasteiger partial charge in [-0.3, -0.25) is 0 Å². The molecule has 1 aliphatic heterocycles. The second-order valence-electron chi connectivity index (χ2n) is 6.67. The first kappa shape index (κ1) is 19.1. The molecule has 1 saturated heterocycles. The molecule has 0 aliphatic carbocycles. The van der Waals surface area contributed by atoms with E-state index in [4.69, 9.17) is 4.42 Å². The van der Waals surface area contributed by atoms with E-state index in [9.17, 15) is 15.0 Å². The Labute approximate surface area is 157 Å². The lowest BCUT2D eigenvalue weighted by Crippen LogP contribution is -2.51. The van der Waals surface area contributed by atoms with E-state index < -0.39 is 6.04 Å². The Hall–Kier alpha value is -2.65. The molecule has 146 valence electrons. The molecule has 0 saturated carbocycles. The van der Waals surface area contributed by atoms with Crippen molar-refractivity contribution in [2.45, 2.75) is 25.3 Å². The average Bonchev–Trinajstić information content (AvgIpc) is 3.19. The minimum atomic E-state index is -0.510. The first-order chi connectivity index (χ1) is 13.1. The lowest BCUT2D eigenvalue weighted by atomic mass is 10.1. The number of amides is 2. The van der Waals surface area contributed by atoms with E-state index in [1.165, 1.54) is 0 Å². The van der Waals surface area contributed by atoms with Crippen molar-refractivity contribution in [3.63, 3.8) is 0 Å². The van der Waals surface area contributed by atoms with E-state index in [0.717, 1.165) is 18.7 Å². The average molecular weight is 375 g/mol. The molecule has 9 heteroatoms. The van der Waals surface area contributed by atoms with Gasteiger partial charge in [0.1, 0.15) is 11.8 Å². The van der Waals surface area contributed by atoms with Crippen LogP contribution < -0.4 is 10.6 Å². The summed E-state index contributed by atoms with van der Waals surface area (Å²) in [6, 6.07) is 6.06. The second-order valence-corrected chi connectivity index (χ2v) is 6.67. The number of aromatic nitrogens is 2. The highest BCUT2D eigenvalue weighted by Crippen LogP contribution is 2.22. The van der Waals surface area contributed by atoms with Crippen LogP contribution in [0, 0.1) is 0 Å². The summed E-state index contributed by atoms with van der Waals surface area (Å²) < 4.78 is 5.71. The van der Waals surface area contributed by atoms with Gasteiger partial charge in [0.05, 0.1) is 12.5 Å². The Morgan fingerprint density at radius 1 is 1.26 bits per heavy atom. The predicted molar refractivity (Wildman–Crippen MR) is 97.3 cm³/mol. The second kappa shape index (κ2) is 8.83. The van der Waals surface area contributed by atoms with Crippen molar-refractivity contribution in [1.82, 2.24) is 25.7 Å². The number of carbonyl (C=O) groups excluding carboxylic acids is 1. The Balaban J connectivity index is 1.78. The summed E-state index contributed by atoms with van der Waals surface area (Å²) >= 11 is 0. The van der Waals surface area contributed by atoms with Crippen LogP contribution in [0.5, 0.6) is 5.75 Å². The van der Waals surface area contributed by atoms with Crippen LogP contribution in [-0.4, -0.2) is 64.1 Å². The van der Waals surface area contributed by atoms with Gasteiger partial charge in [-0.05, 0) is 17.7 Å². The van der Waals surface area contributed by atoms with Crippen molar-refractivity contribution < 1.29 is 19.4 Å². The van der Waals surface area contributed by atoms with Crippen LogP contribution in [-0.2, 0) is 6.42 Å². The highest BCUT2D eigenvalue weighted by molar-refractivity contribution is 5.74. The molecule has 1 aliphatic rings. The zero-order valence-electron chi connectivity index (χ0n) is 15.3. The van der Waals surface area contributed by atoms with E-state index in [-0.39, 0.29) is 24.3 Å². The molecule has 0 bridgehead atoms. The molecule has 0 spiro atoms. The van der Waals surface area contributed by atoms with Gasteiger partial charge in [0, 0.05) is 32.6 Å². The third-order valence-corrected chi connectivity index (χ3v) is 4.53. The third kappa shape index (κ3) is 4.95. The standard InChI is InChI=1S/C18H25N5O4/c1-12(11-24)16-21-22-17(27-16)15(10-13-2-4-14(25)5-3-13)20-18(26)23-8-6-19-7-9-23/h2-5,12,15,19,24-25H,6-11H2,1H3,(H,20,26)/t12-,15-/m0/s1. The molecule has 27 heavy (non-hydrogen) atoms. The maximum Gasteiger partial charge on any atom is 0.318 e. The first-order valence-electron chi connectivity index (χ1n) is 9.05. The van der Waals surface area contributed by atoms with Gasteiger partial charge in [-0.1, -0.05) is 19.1 Å². The van der Waals surface area contributed by atoms with Crippen LogP contribution in [0.2, 0.25) is 0 Å². The molecule has 2 atom stereocenters. The van der Waals surface area contributed by atoms with Crippen LogP contribution in [0.4, 0.5) is 4.79 Å². The molecular formula is C18H25N5O4. The van der Waals surface area contributed by atoms with E-state index in [2.05, 4.69) is 20.8 Å². The number of benzene rings is 1. The number of nitrogens with zero attached hydrogens (tertiary/aromatic N) is 3. The van der Waals surface area contributed by atoms with E-state index in [1.54, 1.807) is 36.1 Å². The number of rotatable bonds is 6. The number of hydrogen-bond donors (Lipinski definition) is 4. The summed E-state index contributed by atoms with van der Waals surface area (Å²) in [5.74, 6) is 0.530. The summed E-state index contributed by atoms with van der Waals surface area (Å²) in [5.41, 5.74) is 0.911. The molecule has 1 aromatic carbocycles. The van der Waals surface area contributed by atoms with Gasteiger partial charge in [-0.2, -0.15) is 0 Å². The molecule has 0 radical (unpaired) electrons. The highest BCUT2D eigenvalue weighted by Gasteiger charge is 2.26. The van der Waals surface area contributed by atoms with Crippen LogP contribution in [0.3, 0.4) is 0 Å². The number of nitrogens with one attached hydrogen (secondary N) is 2. The van der Waals surface area contributed by atoms with Crippen molar-refractivity contribution in [2.24, 2.45) is 0 Å². The molecule has 2 amide bonds. The number of hydrogen-bond acceptors (Lipinski definition) is 7. The minimum absolute atomic E-state index is 0.0998. The minimum Gasteiger partial charge on any atom is -0.508 e. The van der Waals surface area contributed by atoms with Gasteiger partial charge in [-0.25, -0.2) is 4.79 Å². The maximum atomic E-state index is 12.6. The molecule has 2 heterocycles. The van der Waals surface area contributed by atoms with Crippen molar-refractivity contribution in [3.8, 4) is 5.75 Å². The number of aliphatic hydroxyl groups excluding tert-OH is 1. The largest absolute Gasteiger partial charge is 0.508 e. The summed E-state index contributed by atoms with van der Waals surface area (Å²) in [6.07, 6.45) is 0.438. The molecule has 1 fully saturated rings. The summed E-state index contributed by atoms with van der Waals surface area (Å²) in [5, 5.41) is 33.0. The van der Waals surface area contributed by atoms with Gasteiger partial charge >= 0.3 is 6.03 Å². The number of phenolic OH excluding ortho intramolecular Hbond substituents is 1. The zero-order chi connectivity index (χ0) is 19.2. The van der Waals surface area contributed by atoms with E-state index >= 15 is 0 Å². The number of aliphatic hydroxyl groups is 1. The Kier molecular flexibility index (Phi) is 6.25. The number of phenols is 1. The van der Waals surface area contributed by atoms with Gasteiger partial charge < -0.3 is 30.2 Å². The highest BCUT2D eigenvalue weighted by atomic mass is 16.4. The van der Waals surface area contributed by atoms with E-state index in [1.807, 2.05) is 0 Å². The Morgan fingerprint density at radius 3 is 2.59 bits per heavy atom. The SMILES string of the molecule is C[C@@H](CO)c1nnc([C@H](Cc2ccc(O)cc2)NC(=O)N2CCNCC2)o1. The molecule has 2 aromatic rings. The fourth-order valence-electron chi connectivity index (χ4n) is 2.84. The number of piperazine rings is 1. The molecule has 0 unspecified atom stereocenters. The van der Waals surface area contributed by atoms with Crippen molar-refractivity contribution >= 4 is 6.03 Å². The lowest BCUT2D eigenvalue weighted by Gasteiger charge is -2.29. The monoisotopic (exact) mass is 375 g/mol. The van der Waals surface area contributed by atoms with Crippen LogP contribution >= 0.6 is 0 Å².